The van der Waals surface area contributed by atoms with Gasteiger partial charge in [0.15, 0.2) is 0 Å². The van der Waals surface area contributed by atoms with Crippen molar-refractivity contribution in [1.82, 2.24) is 9.80 Å². The van der Waals surface area contributed by atoms with Gasteiger partial charge in [0.2, 0.25) is 0 Å². The molecule has 2 aromatic rings. The van der Waals surface area contributed by atoms with E-state index in [1.165, 1.54) is 42.7 Å². The molecule has 4 aliphatic rings. The van der Waals surface area contributed by atoms with Crippen LogP contribution in [0.4, 0.5) is 8.78 Å². The van der Waals surface area contributed by atoms with Crippen LogP contribution in [0.5, 0.6) is 0 Å². The van der Waals surface area contributed by atoms with Crippen molar-refractivity contribution in [3.63, 3.8) is 0 Å². The quantitative estimate of drug-likeness (QED) is 0.358. The smallest absolute Gasteiger partial charge is 0.310 e. The van der Waals surface area contributed by atoms with E-state index in [0.29, 0.717) is 5.92 Å². The summed E-state index contributed by atoms with van der Waals surface area (Å²) in [5, 5.41) is 0. The number of halogens is 2. The second kappa shape index (κ2) is 10.2. The molecule has 2 aliphatic carbocycles. The van der Waals surface area contributed by atoms with Crippen LogP contribution in [0.25, 0.3) is 0 Å². The van der Waals surface area contributed by atoms with Crippen LogP contribution in [0.15, 0.2) is 60.7 Å². The van der Waals surface area contributed by atoms with Crippen LogP contribution in [0.1, 0.15) is 56.2 Å². The van der Waals surface area contributed by atoms with Gasteiger partial charge >= 0.3 is 5.97 Å². The number of rotatable bonds is 5. The third kappa shape index (κ3) is 4.82. The highest BCUT2D eigenvalue weighted by Gasteiger charge is 2.55. The molecule has 0 spiro atoms. The number of piperazine rings is 1. The Morgan fingerprint density at radius 1 is 1.00 bits per heavy atom. The van der Waals surface area contributed by atoms with Gasteiger partial charge in [0.05, 0.1) is 12.0 Å². The van der Waals surface area contributed by atoms with Crippen LogP contribution in [0, 0.1) is 34.8 Å². The molecule has 6 rings (SSSR count). The van der Waals surface area contributed by atoms with Gasteiger partial charge in [0.25, 0.3) is 0 Å². The van der Waals surface area contributed by atoms with Gasteiger partial charge in [0.1, 0.15) is 17.7 Å². The van der Waals surface area contributed by atoms with Crippen molar-refractivity contribution in [1.29, 1.82) is 0 Å². The first-order valence-corrected chi connectivity index (χ1v) is 14.2. The summed E-state index contributed by atoms with van der Waals surface area (Å²) in [4.78, 5) is 17.8. The number of carbonyl (C=O) groups excluding carboxylic acids is 1. The number of carbonyl (C=O) groups is 1. The Balaban J connectivity index is 1.14. The van der Waals surface area contributed by atoms with Gasteiger partial charge in [-0.05, 0) is 78.8 Å². The Labute approximate surface area is 224 Å². The van der Waals surface area contributed by atoms with Crippen molar-refractivity contribution in [3.8, 4) is 0 Å². The molecular formula is C32H38F2N2O2. The average Bonchev–Trinajstić information content (AvgIpc) is 3.19. The van der Waals surface area contributed by atoms with E-state index in [1.54, 1.807) is 0 Å². The van der Waals surface area contributed by atoms with Crippen molar-refractivity contribution in [3.05, 3.63) is 83.4 Å². The number of fused-ring (bicyclic) bond motifs is 2. The van der Waals surface area contributed by atoms with Gasteiger partial charge in [-0.3, -0.25) is 14.6 Å². The van der Waals surface area contributed by atoms with E-state index in [0.717, 1.165) is 63.1 Å². The van der Waals surface area contributed by atoms with E-state index < -0.39 is 0 Å². The number of allylic oxidation sites excluding steroid dienone is 1. The molecule has 4 nitrogen and oxygen atoms in total. The Bertz CT molecular complexity index is 1130. The SMILES string of the molecule is C=C1CCC[C@]2(C)C[C@H]3OC(=O)C(CN4CCN(C(c5ccc(F)cc5)c5ccc(F)cc5)CC4)[C@H]3C[C@@H]12. The second-order valence-electron chi connectivity index (χ2n) is 12.2. The molecule has 202 valence electrons. The lowest BCUT2D eigenvalue weighted by Crippen LogP contribution is -2.50. The number of ether oxygens (including phenoxy) is 1. The van der Waals surface area contributed by atoms with E-state index in [4.69, 9.17) is 4.74 Å². The number of nitrogens with zero attached hydrogens (tertiary/aromatic N) is 2. The first kappa shape index (κ1) is 25.7. The minimum Gasteiger partial charge on any atom is -0.462 e. The molecule has 2 saturated carbocycles. The maximum absolute atomic E-state index is 13.7. The highest BCUT2D eigenvalue weighted by molar-refractivity contribution is 5.75. The molecule has 0 aromatic heterocycles. The fourth-order valence-corrected chi connectivity index (χ4v) is 7.85. The molecule has 0 radical (unpaired) electrons. The van der Waals surface area contributed by atoms with E-state index in [2.05, 4.69) is 23.3 Å². The summed E-state index contributed by atoms with van der Waals surface area (Å²) < 4.78 is 33.3. The summed E-state index contributed by atoms with van der Waals surface area (Å²) in [6.45, 7) is 10.8. The molecule has 38 heavy (non-hydrogen) atoms. The normalized spacial score (nSPS) is 32.2. The predicted molar refractivity (Wildman–Crippen MR) is 143 cm³/mol. The lowest BCUT2D eigenvalue weighted by Gasteiger charge is -2.50. The molecule has 0 N–H and O–H groups in total. The summed E-state index contributed by atoms with van der Waals surface area (Å²) in [6, 6.07) is 13.1. The Morgan fingerprint density at radius 3 is 2.21 bits per heavy atom. The molecule has 5 atom stereocenters. The van der Waals surface area contributed by atoms with Crippen molar-refractivity contribution >= 4 is 5.97 Å². The largest absolute Gasteiger partial charge is 0.462 e. The summed E-state index contributed by atoms with van der Waals surface area (Å²) in [6.07, 6.45) is 5.54. The Kier molecular flexibility index (Phi) is 6.89. The maximum atomic E-state index is 13.7. The zero-order valence-electron chi connectivity index (χ0n) is 22.3. The molecule has 6 heteroatoms. The fourth-order valence-electron chi connectivity index (χ4n) is 7.85. The summed E-state index contributed by atoms with van der Waals surface area (Å²) in [7, 11) is 0. The molecule has 0 amide bonds. The summed E-state index contributed by atoms with van der Waals surface area (Å²) >= 11 is 0. The van der Waals surface area contributed by atoms with Gasteiger partial charge in [-0.1, -0.05) is 43.3 Å². The molecule has 2 heterocycles. The molecule has 2 saturated heterocycles. The molecular weight excluding hydrogens is 482 g/mol. The maximum Gasteiger partial charge on any atom is 0.310 e. The van der Waals surface area contributed by atoms with Crippen LogP contribution in [0.2, 0.25) is 0 Å². The third-order valence-corrected chi connectivity index (χ3v) is 9.92. The van der Waals surface area contributed by atoms with Gasteiger partial charge in [-0.2, -0.15) is 0 Å². The number of esters is 1. The molecule has 1 unspecified atom stereocenters. The fraction of sp³-hybridized carbons (Fsp3) is 0.531. The average molecular weight is 521 g/mol. The van der Waals surface area contributed by atoms with Crippen molar-refractivity contribution < 1.29 is 18.3 Å². The van der Waals surface area contributed by atoms with Gasteiger partial charge in [-0.25, -0.2) is 8.78 Å². The molecule has 2 aromatic carbocycles. The Hall–Kier alpha value is -2.57. The van der Waals surface area contributed by atoms with Crippen LogP contribution in [0.3, 0.4) is 0 Å². The minimum atomic E-state index is -0.266. The lowest BCUT2D eigenvalue weighted by molar-refractivity contribution is -0.146. The first-order chi connectivity index (χ1) is 18.3. The third-order valence-electron chi connectivity index (χ3n) is 9.92. The number of hydrogen-bond donors (Lipinski definition) is 0. The lowest BCUT2D eigenvalue weighted by atomic mass is 9.55. The van der Waals surface area contributed by atoms with Crippen LogP contribution in [-0.4, -0.2) is 54.6 Å². The van der Waals surface area contributed by atoms with Crippen LogP contribution in [-0.2, 0) is 9.53 Å². The minimum absolute atomic E-state index is 0.0224. The van der Waals surface area contributed by atoms with Crippen molar-refractivity contribution in [2.75, 3.05) is 32.7 Å². The highest BCUT2D eigenvalue weighted by Crippen LogP contribution is 2.57. The highest BCUT2D eigenvalue weighted by atomic mass is 19.1. The summed E-state index contributed by atoms with van der Waals surface area (Å²) in [5.74, 6) is 0.149. The molecule has 2 aliphatic heterocycles. The monoisotopic (exact) mass is 520 g/mol. The second-order valence-corrected chi connectivity index (χ2v) is 12.2. The molecule has 4 fully saturated rings. The summed E-state index contributed by atoms with van der Waals surface area (Å²) in [5.41, 5.74) is 3.57. The van der Waals surface area contributed by atoms with E-state index in [1.807, 2.05) is 24.3 Å². The van der Waals surface area contributed by atoms with Gasteiger partial charge in [0, 0.05) is 38.6 Å². The number of hydrogen-bond acceptors (Lipinski definition) is 4. The Morgan fingerprint density at radius 2 is 1.61 bits per heavy atom. The van der Waals surface area contributed by atoms with E-state index >= 15 is 0 Å². The van der Waals surface area contributed by atoms with Crippen molar-refractivity contribution in [2.24, 2.45) is 23.2 Å². The van der Waals surface area contributed by atoms with Gasteiger partial charge < -0.3 is 4.74 Å². The van der Waals surface area contributed by atoms with Crippen molar-refractivity contribution in [2.45, 2.75) is 51.2 Å². The van der Waals surface area contributed by atoms with E-state index in [9.17, 15) is 13.6 Å². The zero-order valence-corrected chi connectivity index (χ0v) is 22.3. The first-order valence-electron chi connectivity index (χ1n) is 14.2. The topological polar surface area (TPSA) is 32.8 Å². The van der Waals surface area contributed by atoms with Crippen LogP contribution >= 0.6 is 0 Å². The molecule has 0 bridgehead atoms. The number of benzene rings is 2. The predicted octanol–water partition coefficient (Wildman–Crippen LogP) is 5.99. The van der Waals surface area contributed by atoms with E-state index in [-0.39, 0.29) is 47.0 Å². The van der Waals surface area contributed by atoms with Crippen LogP contribution < -0.4 is 0 Å². The van der Waals surface area contributed by atoms with Gasteiger partial charge in [-0.15, -0.1) is 0 Å². The standard InChI is InChI=1S/C32H38F2N2O2/c1-21-4-3-13-32(2)19-29-26(18-28(21)32)27(31(37)38-29)20-35-14-16-36(17-15-35)30(22-5-9-24(33)10-6-22)23-7-11-25(34)12-8-23/h5-12,26-30H,1,3-4,13-20H2,2H3/t26-,27?,28+,29-,32-/m1/s1. The zero-order chi connectivity index (χ0) is 26.4.